The van der Waals surface area contributed by atoms with Gasteiger partial charge in [-0.1, -0.05) is 24.3 Å². The highest BCUT2D eigenvalue weighted by Gasteiger charge is 2.18. The lowest BCUT2D eigenvalue weighted by Gasteiger charge is -2.28. The minimum absolute atomic E-state index is 0.00286. The van der Waals surface area contributed by atoms with E-state index in [-0.39, 0.29) is 18.5 Å². The summed E-state index contributed by atoms with van der Waals surface area (Å²) in [5, 5.41) is 0. The molecule has 0 saturated heterocycles. The van der Waals surface area contributed by atoms with Crippen LogP contribution in [0.25, 0.3) is 0 Å². The number of amides is 1. The van der Waals surface area contributed by atoms with Crippen molar-refractivity contribution in [2.24, 2.45) is 0 Å². The van der Waals surface area contributed by atoms with E-state index >= 15 is 0 Å². The Kier molecular flexibility index (Phi) is 7.38. The van der Waals surface area contributed by atoms with Gasteiger partial charge in [0.25, 0.3) is 0 Å². The number of sulfone groups is 1. The first-order chi connectivity index (χ1) is 11.2. The molecule has 0 bridgehead atoms. The summed E-state index contributed by atoms with van der Waals surface area (Å²) in [5.41, 5.74) is 0.955. The SMILES string of the molecule is C=CCN(CC=C)C(=O)CN(C)C(C)c1ccc(S(C)(=O)=O)cc1. The van der Waals surface area contributed by atoms with Gasteiger partial charge in [0.05, 0.1) is 11.4 Å². The van der Waals surface area contributed by atoms with Crippen molar-refractivity contribution in [3.05, 3.63) is 55.1 Å². The van der Waals surface area contributed by atoms with Crippen LogP contribution in [0.2, 0.25) is 0 Å². The molecule has 1 aromatic rings. The Labute approximate surface area is 145 Å². The third-order valence-corrected chi connectivity index (χ3v) is 5.02. The molecule has 0 aliphatic rings. The van der Waals surface area contributed by atoms with E-state index in [0.717, 1.165) is 5.56 Å². The number of hydrogen-bond acceptors (Lipinski definition) is 4. The van der Waals surface area contributed by atoms with Crippen molar-refractivity contribution in [1.82, 2.24) is 9.80 Å². The molecule has 1 atom stereocenters. The van der Waals surface area contributed by atoms with Gasteiger partial charge in [-0.15, -0.1) is 13.2 Å². The van der Waals surface area contributed by atoms with E-state index in [9.17, 15) is 13.2 Å². The van der Waals surface area contributed by atoms with Crippen LogP contribution in [0.1, 0.15) is 18.5 Å². The van der Waals surface area contributed by atoms with Gasteiger partial charge in [0.15, 0.2) is 9.84 Å². The Balaban J connectivity index is 2.79. The Hall–Kier alpha value is -1.92. The summed E-state index contributed by atoms with van der Waals surface area (Å²) in [6.45, 7) is 10.5. The highest BCUT2D eigenvalue weighted by Crippen LogP contribution is 2.20. The van der Waals surface area contributed by atoms with Gasteiger partial charge >= 0.3 is 0 Å². The number of benzene rings is 1. The molecule has 132 valence electrons. The summed E-state index contributed by atoms with van der Waals surface area (Å²) in [6.07, 6.45) is 4.56. The second-order valence-electron chi connectivity index (χ2n) is 5.81. The zero-order valence-electron chi connectivity index (χ0n) is 14.6. The van der Waals surface area contributed by atoms with Crippen molar-refractivity contribution in [2.75, 3.05) is 32.9 Å². The third kappa shape index (κ3) is 5.62. The molecule has 0 saturated carbocycles. The van der Waals surface area contributed by atoms with E-state index in [1.165, 1.54) is 6.26 Å². The minimum Gasteiger partial charge on any atom is -0.334 e. The van der Waals surface area contributed by atoms with Crippen LogP contribution in [-0.2, 0) is 14.6 Å². The van der Waals surface area contributed by atoms with Crippen LogP contribution in [0.4, 0.5) is 0 Å². The summed E-state index contributed by atoms with van der Waals surface area (Å²) in [5.74, 6) is -0.00286. The zero-order chi connectivity index (χ0) is 18.3. The standard InChI is InChI=1S/C18H26N2O3S/c1-6-12-20(13-7-2)18(21)14-19(4)15(3)16-8-10-17(11-9-16)24(5,22)23/h6-11,15H,1-2,12-14H2,3-5H3. The molecule has 0 N–H and O–H groups in total. The fraction of sp³-hybridized carbons (Fsp3) is 0.389. The van der Waals surface area contributed by atoms with E-state index in [2.05, 4.69) is 13.2 Å². The van der Waals surface area contributed by atoms with Crippen molar-refractivity contribution in [3.63, 3.8) is 0 Å². The van der Waals surface area contributed by atoms with Crippen molar-refractivity contribution < 1.29 is 13.2 Å². The molecule has 0 spiro atoms. The summed E-state index contributed by atoms with van der Waals surface area (Å²) in [7, 11) is -1.33. The van der Waals surface area contributed by atoms with Crippen LogP contribution in [0.15, 0.2) is 54.5 Å². The van der Waals surface area contributed by atoms with Crippen LogP contribution in [-0.4, -0.2) is 57.1 Å². The maximum absolute atomic E-state index is 12.4. The van der Waals surface area contributed by atoms with Gasteiger partial charge in [-0.2, -0.15) is 0 Å². The fourth-order valence-electron chi connectivity index (χ4n) is 2.29. The lowest BCUT2D eigenvalue weighted by molar-refractivity contribution is -0.131. The monoisotopic (exact) mass is 350 g/mol. The number of hydrogen-bond donors (Lipinski definition) is 0. The fourth-order valence-corrected chi connectivity index (χ4v) is 2.92. The molecule has 0 aromatic heterocycles. The largest absolute Gasteiger partial charge is 0.334 e. The smallest absolute Gasteiger partial charge is 0.237 e. The molecular formula is C18H26N2O3S. The predicted molar refractivity (Wildman–Crippen MR) is 97.6 cm³/mol. The molecule has 24 heavy (non-hydrogen) atoms. The zero-order valence-corrected chi connectivity index (χ0v) is 15.4. The summed E-state index contributed by atoms with van der Waals surface area (Å²) in [6, 6.07) is 6.74. The first kappa shape index (κ1) is 20.1. The highest BCUT2D eigenvalue weighted by molar-refractivity contribution is 7.90. The van der Waals surface area contributed by atoms with Crippen LogP contribution in [0.5, 0.6) is 0 Å². The molecule has 0 aliphatic carbocycles. The molecule has 0 radical (unpaired) electrons. The quantitative estimate of drug-likeness (QED) is 0.641. The van der Waals surface area contributed by atoms with Gasteiger partial charge in [0, 0.05) is 25.4 Å². The van der Waals surface area contributed by atoms with Crippen molar-refractivity contribution in [2.45, 2.75) is 17.9 Å². The molecule has 1 amide bonds. The molecule has 1 aromatic carbocycles. The van der Waals surface area contributed by atoms with Gasteiger partial charge in [0.1, 0.15) is 0 Å². The van der Waals surface area contributed by atoms with Gasteiger partial charge in [0.2, 0.25) is 5.91 Å². The lowest BCUT2D eigenvalue weighted by Crippen LogP contribution is -2.40. The average molecular weight is 350 g/mol. The Morgan fingerprint density at radius 1 is 1.17 bits per heavy atom. The molecule has 1 unspecified atom stereocenters. The second kappa shape index (κ2) is 8.80. The van der Waals surface area contributed by atoms with Gasteiger partial charge < -0.3 is 4.90 Å². The first-order valence-electron chi connectivity index (χ1n) is 7.70. The van der Waals surface area contributed by atoms with Gasteiger partial charge in [-0.05, 0) is 31.7 Å². The number of likely N-dealkylation sites (N-methyl/N-ethyl adjacent to an activating group) is 1. The molecule has 0 fully saturated rings. The number of nitrogens with zero attached hydrogens (tertiary/aromatic N) is 2. The second-order valence-corrected chi connectivity index (χ2v) is 7.82. The summed E-state index contributed by atoms with van der Waals surface area (Å²) in [4.78, 5) is 16.3. The molecule has 0 heterocycles. The molecule has 6 heteroatoms. The van der Waals surface area contributed by atoms with Crippen molar-refractivity contribution in [3.8, 4) is 0 Å². The first-order valence-corrected chi connectivity index (χ1v) is 9.59. The normalized spacial score (nSPS) is 12.7. The van der Waals surface area contributed by atoms with Crippen LogP contribution in [0.3, 0.4) is 0 Å². The van der Waals surface area contributed by atoms with Crippen molar-refractivity contribution in [1.29, 1.82) is 0 Å². The highest BCUT2D eigenvalue weighted by atomic mass is 32.2. The lowest BCUT2D eigenvalue weighted by atomic mass is 10.1. The van der Waals surface area contributed by atoms with E-state index < -0.39 is 9.84 Å². The van der Waals surface area contributed by atoms with Gasteiger partial charge in [-0.25, -0.2) is 8.42 Å². The predicted octanol–water partition coefficient (Wildman–Crippen LogP) is 2.28. The molecular weight excluding hydrogens is 324 g/mol. The van der Waals surface area contributed by atoms with E-state index in [4.69, 9.17) is 0 Å². The maximum atomic E-state index is 12.4. The van der Waals surface area contributed by atoms with Crippen LogP contribution >= 0.6 is 0 Å². The summed E-state index contributed by atoms with van der Waals surface area (Å²) < 4.78 is 23.0. The minimum atomic E-state index is -3.20. The maximum Gasteiger partial charge on any atom is 0.237 e. The number of carbonyl (C=O) groups is 1. The van der Waals surface area contributed by atoms with Crippen LogP contribution < -0.4 is 0 Å². The van der Waals surface area contributed by atoms with Crippen molar-refractivity contribution >= 4 is 15.7 Å². The van der Waals surface area contributed by atoms with Gasteiger partial charge in [-0.3, -0.25) is 9.69 Å². The number of carbonyl (C=O) groups excluding carboxylic acids is 1. The number of rotatable bonds is 9. The molecule has 1 rings (SSSR count). The van der Waals surface area contributed by atoms with E-state index in [1.54, 1.807) is 41.3 Å². The topological polar surface area (TPSA) is 57.7 Å². The molecule has 0 aliphatic heterocycles. The van der Waals surface area contributed by atoms with Crippen LogP contribution in [0, 0.1) is 0 Å². The molecule has 5 nitrogen and oxygen atoms in total. The van der Waals surface area contributed by atoms with E-state index in [1.807, 2.05) is 18.9 Å². The Bertz CT molecular complexity index is 671. The van der Waals surface area contributed by atoms with E-state index in [0.29, 0.717) is 18.0 Å². The Morgan fingerprint density at radius 3 is 2.08 bits per heavy atom. The third-order valence-electron chi connectivity index (χ3n) is 3.89. The summed E-state index contributed by atoms with van der Waals surface area (Å²) >= 11 is 0. The average Bonchev–Trinajstić information content (AvgIpc) is 2.53. The Morgan fingerprint density at radius 2 is 1.67 bits per heavy atom.